The van der Waals surface area contributed by atoms with E-state index in [1.54, 1.807) is 20.1 Å². The van der Waals surface area contributed by atoms with Crippen molar-refractivity contribution in [3.8, 4) is 11.3 Å². The number of rotatable bonds is 5. The van der Waals surface area contributed by atoms with Crippen molar-refractivity contribution in [1.29, 1.82) is 0 Å². The van der Waals surface area contributed by atoms with Gasteiger partial charge in [0.05, 0.1) is 6.26 Å². The maximum absolute atomic E-state index is 12.3. The summed E-state index contributed by atoms with van der Waals surface area (Å²) >= 11 is 1.47. The van der Waals surface area contributed by atoms with Crippen LogP contribution in [0.25, 0.3) is 11.3 Å². The Morgan fingerprint density at radius 3 is 2.82 bits per heavy atom. The molecule has 0 radical (unpaired) electrons. The van der Waals surface area contributed by atoms with E-state index in [0.29, 0.717) is 5.69 Å². The minimum Gasteiger partial charge on any atom is -0.464 e. The Hall–Kier alpha value is -1.90. The van der Waals surface area contributed by atoms with Crippen LogP contribution in [0, 0.1) is 13.8 Å². The van der Waals surface area contributed by atoms with Crippen molar-refractivity contribution in [2.75, 3.05) is 0 Å². The second kappa shape index (κ2) is 5.71. The van der Waals surface area contributed by atoms with Gasteiger partial charge in [-0.1, -0.05) is 5.16 Å². The van der Waals surface area contributed by atoms with Gasteiger partial charge >= 0.3 is 0 Å². The number of hydrogen-bond donors (Lipinski definition) is 1. The highest BCUT2D eigenvalue weighted by atomic mass is 32.2. The van der Waals surface area contributed by atoms with Crippen LogP contribution in [-0.4, -0.2) is 13.6 Å². The van der Waals surface area contributed by atoms with Gasteiger partial charge in [0, 0.05) is 22.4 Å². The smallest absolute Gasteiger partial charge is 0.246 e. The Morgan fingerprint density at radius 1 is 1.36 bits per heavy atom. The molecule has 6 nitrogen and oxygen atoms in total. The van der Waals surface area contributed by atoms with E-state index in [-0.39, 0.29) is 17.2 Å². The van der Waals surface area contributed by atoms with E-state index >= 15 is 0 Å². The van der Waals surface area contributed by atoms with Gasteiger partial charge in [-0.2, -0.15) is 0 Å². The molecule has 0 atom stereocenters. The maximum atomic E-state index is 12.3. The third-order valence-corrected chi connectivity index (χ3v) is 5.71. The summed E-state index contributed by atoms with van der Waals surface area (Å²) in [5.41, 5.74) is 1.29. The Morgan fingerprint density at radius 2 is 2.18 bits per heavy atom. The molecule has 22 heavy (non-hydrogen) atoms. The van der Waals surface area contributed by atoms with E-state index in [1.807, 2.05) is 23.6 Å². The summed E-state index contributed by atoms with van der Waals surface area (Å²) in [5.74, 6) is 1.04. The monoisotopic (exact) mass is 338 g/mol. The third kappa shape index (κ3) is 2.85. The number of sulfonamides is 1. The number of furan rings is 1. The summed E-state index contributed by atoms with van der Waals surface area (Å²) in [6, 6.07) is 5.58. The lowest BCUT2D eigenvalue weighted by Gasteiger charge is -2.04. The van der Waals surface area contributed by atoms with Crippen molar-refractivity contribution in [1.82, 2.24) is 9.88 Å². The van der Waals surface area contributed by atoms with Crippen LogP contribution < -0.4 is 4.72 Å². The SMILES string of the molecule is Cc1noc(C)c1S(=O)(=O)NCc1cc(-c2ccco2)cs1. The van der Waals surface area contributed by atoms with E-state index < -0.39 is 10.0 Å². The van der Waals surface area contributed by atoms with Gasteiger partial charge < -0.3 is 8.94 Å². The molecule has 0 spiro atoms. The lowest BCUT2D eigenvalue weighted by molar-refractivity contribution is 0.390. The number of thiophene rings is 1. The van der Waals surface area contributed by atoms with Crippen LogP contribution in [0.3, 0.4) is 0 Å². The summed E-state index contributed by atoms with van der Waals surface area (Å²) < 4.78 is 37.4. The fourth-order valence-electron chi connectivity index (χ4n) is 2.14. The number of nitrogens with zero attached hydrogens (tertiary/aromatic N) is 1. The highest BCUT2D eigenvalue weighted by Crippen LogP contribution is 2.26. The summed E-state index contributed by atoms with van der Waals surface area (Å²) in [4.78, 5) is 0.997. The minimum atomic E-state index is -3.64. The summed E-state index contributed by atoms with van der Waals surface area (Å²) in [5, 5.41) is 5.60. The van der Waals surface area contributed by atoms with E-state index in [2.05, 4.69) is 9.88 Å². The molecule has 0 aliphatic heterocycles. The third-order valence-electron chi connectivity index (χ3n) is 3.13. The van der Waals surface area contributed by atoms with E-state index in [4.69, 9.17) is 8.94 Å². The van der Waals surface area contributed by atoms with E-state index in [9.17, 15) is 8.42 Å². The van der Waals surface area contributed by atoms with Crippen molar-refractivity contribution in [3.05, 3.63) is 46.2 Å². The largest absolute Gasteiger partial charge is 0.464 e. The van der Waals surface area contributed by atoms with E-state index in [0.717, 1.165) is 16.2 Å². The van der Waals surface area contributed by atoms with Crippen LogP contribution in [0.15, 0.2) is 43.7 Å². The molecule has 0 aliphatic carbocycles. The molecule has 0 saturated carbocycles. The highest BCUT2D eigenvalue weighted by Gasteiger charge is 2.24. The molecule has 0 aliphatic rings. The van der Waals surface area contributed by atoms with Crippen LogP contribution in [0.4, 0.5) is 0 Å². The number of aromatic nitrogens is 1. The summed E-state index contributed by atoms with van der Waals surface area (Å²) in [6.45, 7) is 3.39. The predicted octanol–water partition coefficient (Wildman–Crippen LogP) is 3.09. The van der Waals surface area contributed by atoms with Gasteiger partial charge in [-0.25, -0.2) is 13.1 Å². The van der Waals surface area contributed by atoms with Crippen molar-refractivity contribution in [2.24, 2.45) is 0 Å². The topological polar surface area (TPSA) is 85.3 Å². The molecule has 3 rings (SSSR count). The molecule has 0 unspecified atom stereocenters. The van der Waals surface area contributed by atoms with Gasteiger partial charge in [0.15, 0.2) is 5.76 Å². The molecule has 1 N–H and O–H groups in total. The van der Waals surface area contributed by atoms with Crippen LogP contribution in [0.2, 0.25) is 0 Å². The van der Waals surface area contributed by atoms with Gasteiger partial charge in [0.2, 0.25) is 10.0 Å². The first-order valence-electron chi connectivity index (χ1n) is 6.51. The Bertz CT molecular complexity index is 856. The molecular weight excluding hydrogens is 324 g/mol. The van der Waals surface area contributed by atoms with Gasteiger partial charge in [-0.05, 0) is 32.0 Å². The van der Waals surface area contributed by atoms with Crippen molar-refractivity contribution in [2.45, 2.75) is 25.3 Å². The number of hydrogen-bond acceptors (Lipinski definition) is 6. The molecule has 0 saturated heterocycles. The van der Waals surface area contributed by atoms with Crippen molar-refractivity contribution in [3.63, 3.8) is 0 Å². The molecule has 0 fully saturated rings. The Kier molecular flexibility index (Phi) is 3.90. The zero-order chi connectivity index (χ0) is 15.7. The molecule has 116 valence electrons. The first-order chi connectivity index (χ1) is 10.5. The fourth-order valence-corrected chi connectivity index (χ4v) is 4.38. The van der Waals surface area contributed by atoms with Gasteiger partial charge in [-0.15, -0.1) is 11.3 Å². The summed E-state index contributed by atoms with van der Waals surface area (Å²) in [6.07, 6.45) is 1.60. The predicted molar refractivity (Wildman–Crippen MR) is 82.0 cm³/mol. The average molecular weight is 338 g/mol. The number of nitrogens with one attached hydrogen (secondary N) is 1. The molecule has 0 amide bonds. The quantitative estimate of drug-likeness (QED) is 0.772. The van der Waals surface area contributed by atoms with Crippen LogP contribution in [0.1, 0.15) is 16.3 Å². The summed E-state index contributed by atoms with van der Waals surface area (Å²) in [7, 11) is -3.64. The van der Waals surface area contributed by atoms with Crippen LogP contribution in [-0.2, 0) is 16.6 Å². The molecular formula is C14H14N2O4S2. The second-order valence-electron chi connectivity index (χ2n) is 4.76. The molecule has 0 bridgehead atoms. The molecule has 3 aromatic heterocycles. The minimum absolute atomic E-state index is 0.107. The van der Waals surface area contributed by atoms with Crippen molar-refractivity contribution < 1.29 is 17.4 Å². The number of aryl methyl sites for hydroxylation is 2. The normalized spacial score (nSPS) is 11.9. The molecule has 0 aromatic carbocycles. The van der Waals surface area contributed by atoms with Gasteiger partial charge in [-0.3, -0.25) is 0 Å². The average Bonchev–Trinajstić information content (AvgIpc) is 3.17. The lowest BCUT2D eigenvalue weighted by atomic mass is 10.2. The van der Waals surface area contributed by atoms with Gasteiger partial charge in [0.1, 0.15) is 16.3 Å². The van der Waals surface area contributed by atoms with Crippen LogP contribution >= 0.6 is 11.3 Å². The zero-order valence-electron chi connectivity index (χ0n) is 12.0. The van der Waals surface area contributed by atoms with E-state index in [1.165, 1.54) is 11.3 Å². The Labute approximate surface area is 131 Å². The molecule has 3 heterocycles. The standard InChI is InChI=1S/C14H14N2O4S2/c1-9-14(10(2)20-16-9)22(17,18)15-7-12-6-11(8-21-12)13-4-3-5-19-13/h3-6,8,15H,7H2,1-2H3. The van der Waals surface area contributed by atoms with Crippen LogP contribution in [0.5, 0.6) is 0 Å². The maximum Gasteiger partial charge on any atom is 0.246 e. The second-order valence-corrected chi connectivity index (χ2v) is 7.46. The molecule has 8 heteroatoms. The fraction of sp³-hybridized carbons (Fsp3) is 0.214. The van der Waals surface area contributed by atoms with Gasteiger partial charge in [0.25, 0.3) is 0 Å². The first-order valence-corrected chi connectivity index (χ1v) is 8.87. The Balaban J connectivity index is 1.75. The molecule has 3 aromatic rings. The highest BCUT2D eigenvalue weighted by molar-refractivity contribution is 7.89. The first kappa shape index (κ1) is 15.0. The lowest BCUT2D eigenvalue weighted by Crippen LogP contribution is -2.23. The van der Waals surface area contributed by atoms with Crippen molar-refractivity contribution >= 4 is 21.4 Å². The zero-order valence-corrected chi connectivity index (χ0v) is 13.6.